The molecule has 0 fully saturated rings. The maximum absolute atomic E-state index is 12.5. The summed E-state index contributed by atoms with van der Waals surface area (Å²) < 4.78 is 6.74. The maximum Gasteiger partial charge on any atom is 0.330 e. The molecule has 0 saturated heterocycles. The number of hydrogen-bond acceptors (Lipinski definition) is 3. The van der Waals surface area contributed by atoms with Gasteiger partial charge in [0, 0.05) is 16.8 Å². The summed E-state index contributed by atoms with van der Waals surface area (Å²) in [6.07, 6.45) is 4.80. The highest BCUT2D eigenvalue weighted by molar-refractivity contribution is 6.30. The van der Waals surface area contributed by atoms with E-state index in [0.29, 0.717) is 27.7 Å². The fourth-order valence-electron chi connectivity index (χ4n) is 2.82. The molecule has 1 N–H and O–H groups in total. The fourth-order valence-corrected chi connectivity index (χ4v) is 3.09. The molecule has 0 bridgehead atoms. The summed E-state index contributed by atoms with van der Waals surface area (Å²) in [4.78, 5) is 27.6. The number of benzene rings is 2. The van der Waals surface area contributed by atoms with Gasteiger partial charge in [-0.15, -0.1) is 0 Å². The van der Waals surface area contributed by atoms with Crippen molar-refractivity contribution in [3.05, 3.63) is 105 Å². The molecule has 0 aliphatic carbocycles. The van der Waals surface area contributed by atoms with Crippen molar-refractivity contribution in [1.82, 2.24) is 9.55 Å². The van der Waals surface area contributed by atoms with Crippen molar-refractivity contribution in [2.75, 3.05) is 0 Å². The van der Waals surface area contributed by atoms with Crippen LogP contribution in [0.2, 0.25) is 10.2 Å². The average Bonchev–Trinajstić information content (AvgIpc) is 3.33. The summed E-state index contributed by atoms with van der Waals surface area (Å²) in [5.41, 5.74) is 2.02. The van der Waals surface area contributed by atoms with Gasteiger partial charge in [-0.3, -0.25) is 9.36 Å². The minimum atomic E-state index is -0.353. The summed E-state index contributed by atoms with van der Waals surface area (Å²) in [5.74, 6) is 0.271. The smallest absolute Gasteiger partial charge is 0.330 e. The molecule has 0 aliphatic heterocycles. The largest absolute Gasteiger partial charge is 0.443 e. The Balaban J connectivity index is 1.60. The van der Waals surface area contributed by atoms with E-state index >= 15 is 0 Å². The van der Waals surface area contributed by atoms with E-state index in [4.69, 9.17) is 27.6 Å². The van der Waals surface area contributed by atoms with Crippen LogP contribution in [0.15, 0.2) is 82.1 Å². The third-order valence-electron chi connectivity index (χ3n) is 4.26. The lowest BCUT2D eigenvalue weighted by atomic mass is 10.1. The molecule has 2 aromatic heterocycles. The van der Waals surface area contributed by atoms with Gasteiger partial charge in [0.05, 0.1) is 5.69 Å². The van der Waals surface area contributed by atoms with E-state index in [1.165, 1.54) is 10.6 Å². The molecule has 0 saturated carbocycles. The van der Waals surface area contributed by atoms with E-state index in [0.717, 1.165) is 5.56 Å². The van der Waals surface area contributed by atoms with Gasteiger partial charge in [0.1, 0.15) is 5.69 Å². The highest BCUT2D eigenvalue weighted by Gasteiger charge is 2.11. The molecular weight excluding hydrogens is 411 g/mol. The van der Waals surface area contributed by atoms with E-state index in [2.05, 4.69) is 4.98 Å². The van der Waals surface area contributed by atoms with Crippen molar-refractivity contribution in [2.45, 2.75) is 0 Å². The number of nitrogens with one attached hydrogen (secondary N) is 1. The third kappa shape index (κ3) is 4.26. The number of allylic oxidation sites excluding steroid dienone is 1. The van der Waals surface area contributed by atoms with Crippen LogP contribution in [0.3, 0.4) is 0 Å². The van der Waals surface area contributed by atoms with E-state index in [-0.39, 0.29) is 16.7 Å². The van der Waals surface area contributed by atoms with E-state index in [9.17, 15) is 9.59 Å². The number of hydrogen-bond donors (Lipinski definition) is 1. The van der Waals surface area contributed by atoms with Crippen LogP contribution >= 0.6 is 23.2 Å². The van der Waals surface area contributed by atoms with Crippen LogP contribution in [0, 0.1) is 0 Å². The molecule has 2 aromatic carbocycles. The molecule has 4 rings (SSSR count). The lowest BCUT2D eigenvalue weighted by molar-refractivity contribution is 0.104. The number of furan rings is 1. The third-order valence-corrected chi connectivity index (χ3v) is 4.72. The van der Waals surface area contributed by atoms with Gasteiger partial charge in [-0.25, -0.2) is 4.79 Å². The molecule has 5 nitrogen and oxygen atoms in total. The van der Waals surface area contributed by atoms with Gasteiger partial charge in [0.25, 0.3) is 0 Å². The Morgan fingerprint density at radius 1 is 1.03 bits per heavy atom. The van der Waals surface area contributed by atoms with Gasteiger partial charge in [-0.2, -0.15) is 0 Å². The van der Waals surface area contributed by atoms with Gasteiger partial charge in [0.15, 0.2) is 16.8 Å². The SMILES string of the molecule is O=C(C=Cc1ccc(Cl)cc1)c1cccc(-n2cc(-c3ccc(Cl)o3)[nH]c2=O)c1. The minimum absolute atomic E-state index is 0.177. The average molecular weight is 425 g/mol. The number of carbonyl (C=O) groups excluding carboxylic acids is 1. The highest BCUT2D eigenvalue weighted by atomic mass is 35.5. The second-order valence-electron chi connectivity index (χ2n) is 6.25. The summed E-state index contributed by atoms with van der Waals surface area (Å²) in [5, 5.41) is 0.864. The second kappa shape index (κ2) is 7.99. The van der Waals surface area contributed by atoms with Crippen LogP contribution in [0.4, 0.5) is 0 Å². The molecule has 144 valence electrons. The molecule has 0 unspecified atom stereocenters. The monoisotopic (exact) mass is 424 g/mol. The summed E-state index contributed by atoms with van der Waals surface area (Å²) in [6, 6.07) is 17.2. The molecule has 0 atom stereocenters. The number of rotatable bonds is 5. The highest BCUT2D eigenvalue weighted by Crippen LogP contribution is 2.23. The number of carbonyl (C=O) groups is 1. The maximum atomic E-state index is 12.5. The van der Waals surface area contributed by atoms with Gasteiger partial charge >= 0.3 is 5.69 Å². The van der Waals surface area contributed by atoms with Crippen LogP contribution < -0.4 is 5.69 Å². The first-order valence-corrected chi connectivity index (χ1v) is 9.41. The molecule has 0 aliphatic rings. The van der Waals surface area contributed by atoms with Crippen molar-refractivity contribution >= 4 is 35.1 Å². The zero-order valence-corrected chi connectivity index (χ0v) is 16.4. The Bertz CT molecular complexity index is 1260. The van der Waals surface area contributed by atoms with Crippen molar-refractivity contribution in [3.8, 4) is 17.1 Å². The normalized spacial score (nSPS) is 11.2. The first-order chi connectivity index (χ1) is 14.0. The van der Waals surface area contributed by atoms with Crippen LogP contribution in [0.25, 0.3) is 23.2 Å². The second-order valence-corrected chi connectivity index (χ2v) is 7.06. The van der Waals surface area contributed by atoms with Crippen molar-refractivity contribution in [3.63, 3.8) is 0 Å². The Morgan fingerprint density at radius 3 is 2.55 bits per heavy atom. The topological polar surface area (TPSA) is 68.0 Å². The van der Waals surface area contributed by atoms with Crippen LogP contribution in [0.1, 0.15) is 15.9 Å². The van der Waals surface area contributed by atoms with E-state index in [1.807, 2.05) is 12.1 Å². The molecule has 4 aromatic rings. The number of halogens is 2. The first kappa shape index (κ1) is 19.1. The van der Waals surface area contributed by atoms with Crippen LogP contribution in [0.5, 0.6) is 0 Å². The fraction of sp³-hybridized carbons (Fsp3) is 0. The standard InChI is InChI=1S/C22H14Cl2N2O3/c23-16-7-4-14(5-8-16)6-9-19(27)15-2-1-3-17(12-15)26-13-18(25-22(26)28)20-10-11-21(24)29-20/h1-13H,(H,25,28). The number of ketones is 1. The molecule has 7 heteroatoms. The Morgan fingerprint density at radius 2 is 1.83 bits per heavy atom. The molecule has 0 spiro atoms. The number of imidazole rings is 1. The lowest BCUT2D eigenvalue weighted by Crippen LogP contribution is -2.14. The lowest BCUT2D eigenvalue weighted by Gasteiger charge is -2.03. The summed E-state index contributed by atoms with van der Waals surface area (Å²) in [7, 11) is 0. The number of aromatic amines is 1. The van der Waals surface area contributed by atoms with Gasteiger partial charge in [-0.1, -0.05) is 41.9 Å². The van der Waals surface area contributed by atoms with Crippen molar-refractivity contribution in [2.24, 2.45) is 0 Å². The Kier molecular flexibility index (Phi) is 5.25. The number of aromatic nitrogens is 2. The summed E-state index contributed by atoms with van der Waals surface area (Å²) >= 11 is 11.7. The Labute approximate surface area is 175 Å². The van der Waals surface area contributed by atoms with E-state index in [1.54, 1.807) is 60.8 Å². The first-order valence-electron chi connectivity index (χ1n) is 8.65. The van der Waals surface area contributed by atoms with Crippen molar-refractivity contribution < 1.29 is 9.21 Å². The molecule has 0 radical (unpaired) electrons. The molecule has 2 heterocycles. The Hall–Kier alpha value is -3.28. The predicted molar refractivity (Wildman–Crippen MR) is 114 cm³/mol. The predicted octanol–water partition coefficient (Wildman–Crippen LogP) is 5.63. The van der Waals surface area contributed by atoms with Crippen LogP contribution in [-0.4, -0.2) is 15.3 Å². The summed E-state index contributed by atoms with van der Waals surface area (Å²) in [6.45, 7) is 0. The number of nitrogens with zero attached hydrogens (tertiary/aromatic N) is 1. The molecule has 29 heavy (non-hydrogen) atoms. The van der Waals surface area contributed by atoms with Crippen molar-refractivity contribution in [1.29, 1.82) is 0 Å². The van der Waals surface area contributed by atoms with Crippen LogP contribution in [-0.2, 0) is 0 Å². The quantitative estimate of drug-likeness (QED) is 0.333. The molecule has 0 amide bonds. The minimum Gasteiger partial charge on any atom is -0.443 e. The van der Waals surface area contributed by atoms with Gasteiger partial charge in [-0.05, 0) is 59.6 Å². The zero-order chi connectivity index (χ0) is 20.4. The zero-order valence-electron chi connectivity index (χ0n) is 14.9. The van der Waals surface area contributed by atoms with E-state index < -0.39 is 0 Å². The number of H-pyrrole nitrogens is 1. The van der Waals surface area contributed by atoms with Gasteiger partial charge < -0.3 is 9.40 Å². The molecular formula is C22H14Cl2N2O3. The van der Waals surface area contributed by atoms with Gasteiger partial charge in [0.2, 0.25) is 0 Å².